The van der Waals surface area contributed by atoms with E-state index in [0.717, 1.165) is 11.0 Å². The molecule has 19 heavy (non-hydrogen) atoms. The molecule has 0 amide bonds. The summed E-state index contributed by atoms with van der Waals surface area (Å²) in [6.07, 6.45) is 0. The van der Waals surface area contributed by atoms with Crippen LogP contribution in [-0.2, 0) is 0 Å². The molecule has 2 aromatic carbocycles. The first-order valence-electron chi connectivity index (χ1n) is 6.68. The SMILES string of the molecule is CCNC(c1cc(C)cc(C)c1)c1ccccc1Br. The zero-order valence-electron chi connectivity index (χ0n) is 11.7. The highest BCUT2D eigenvalue weighted by Crippen LogP contribution is 2.29. The van der Waals surface area contributed by atoms with Crippen LogP contribution >= 0.6 is 15.9 Å². The van der Waals surface area contributed by atoms with Gasteiger partial charge in [-0.05, 0) is 37.6 Å². The quantitative estimate of drug-likeness (QED) is 0.856. The van der Waals surface area contributed by atoms with Gasteiger partial charge in [0.15, 0.2) is 0 Å². The predicted octanol–water partition coefficient (Wildman–Crippen LogP) is 4.76. The minimum absolute atomic E-state index is 0.235. The fourth-order valence-electron chi connectivity index (χ4n) is 2.50. The summed E-state index contributed by atoms with van der Waals surface area (Å²) in [5.74, 6) is 0. The standard InChI is InChI=1S/C17H20BrN/c1-4-19-17(15-7-5-6-8-16(15)18)14-10-12(2)9-13(3)11-14/h5-11,17,19H,4H2,1-3H3. The van der Waals surface area contributed by atoms with E-state index < -0.39 is 0 Å². The number of benzene rings is 2. The van der Waals surface area contributed by atoms with Crippen LogP contribution in [0.1, 0.15) is 35.2 Å². The second-order valence-corrected chi connectivity index (χ2v) is 5.79. The minimum Gasteiger partial charge on any atom is -0.306 e. The Morgan fingerprint density at radius 2 is 1.68 bits per heavy atom. The van der Waals surface area contributed by atoms with E-state index >= 15 is 0 Å². The number of halogens is 1. The average Bonchev–Trinajstić information content (AvgIpc) is 2.36. The molecule has 0 saturated carbocycles. The average molecular weight is 318 g/mol. The monoisotopic (exact) mass is 317 g/mol. The van der Waals surface area contributed by atoms with Crippen LogP contribution in [0.3, 0.4) is 0 Å². The molecule has 2 heteroatoms. The molecule has 0 fully saturated rings. The van der Waals surface area contributed by atoms with Crippen molar-refractivity contribution in [2.75, 3.05) is 6.54 Å². The zero-order chi connectivity index (χ0) is 13.8. The molecule has 0 spiro atoms. The molecule has 0 aliphatic carbocycles. The summed E-state index contributed by atoms with van der Waals surface area (Å²) in [4.78, 5) is 0. The second kappa shape index (κ2) is 6.36. The molecule has 1 atom stereocenters. The number of hydrogen-bond acceptors (Lipinski definition) is 1. The molecule has 0 aromatic heterocycles. The third-order valence-electron chi connectivity index (χ3n) is 3.20. The Bertz CT molecular complexity index is 543. The maximum Gasteiger partial charge on any atom is 0.0587 e. The largest absolute Gasteiger partial charge is 0.306 e. The Balaban J connectivity index is 2.48. The Morgan fingerprint density at radius 3 is 2.26 bits per heavy atom. The van der Waals surface area contributed by atoms with Crippen molar-refractivity contribution in [2.45, 2.75) is 26.8 Å². The maximum atomic E-state index is 3.66. The van der Waals surface area contributed by atoms with Crippen molar-refractivity contribution in [3.8, 4) is 0 Å². The predicted molar refractivity (Wildman–Crippen MR) is 85.6 cm³/mol. The first-order chi connectivity index (χ1) is 9.11. The van der Waals surface area contributed by atoms with Crippen molar-refractivity contribution in [1.29, 1.82) is 0 Å². The Labute approximate surface area is 124 Å². The van der Waals surface area contributed by atoms with Gasteiger partial charge in [-0.1, -0.05) is 70.4 Å². The van der Waals surface area contributed by atoms with Crippen LogP contribution in [0.2, 0.25) is 0 Å². The fourth-order valence-corrected chi connectivity index (χ4v) is 3.01. The van der Waals surface area contributed by atoms with Gasteiger partial charge in [0.05, 0.1) is 6.04 Å². The summed E-state index contributed by atoms with van der Waals surface area (Å²) in [7, 11) is 0. The normalized spacial score (nSPS) is 12.4. The lowest BCUT2D eigenvalue weighted by Crippen LogP contribution is -2.22. The molecular weight excluding hydrogens is 298 g/mol. The van der Waals surface area contributed by atoms with Crippen molar-refractivity contribution in [3.63, 3.8) is 0 Å². The first-order valence-corrected chi connectivity index (χ1v) is 7.47. The highest BCUT2D eigenvalue weighted by atomic mass is 79.9. The third kappa shape index (κ3) is 3.46. The first kappa shape index (κ1) is 14.3. The van der Waals surface area contributed by atoms with Gasteiger partial charge in [0.2, 0.25) is 0 Å². The van der Waals surface area contributed by atoms with Crippen LogP contribution in [0.5, 0.6) is 0 Å². The highest BCUT2D eigenvalue weighted by molar-refractivity contribution is 9.10. The summed E-state index contributed by atoms with van der Waals surface area (Å²) >= 11 is 3.66. The topological polar surface area (TPSA) is 12.0 Å². The zero-order valence-corrected chi connectivity index (χ0v) is 13.3. The summed E-state index contributed by atoms with van der Waals surface area (Å²) in [5.41, 5.74) is 5.23. The lowest BCUT2D eigenvalue weighted by molar-refractivity contribution is 0.628. The van der Waals surface area contributed by atoms with Crippen molar-refractivity contribution >= 4 is 15.9 Å². The molecule has 0 heterocycles. The van der Waals surface area contributed by atoms with Crippen molar-refractivity contribution in [2.24, 2.45) is 0 Å². The Hall–Kier alpha value is -1.12. The van der Waals surface area contributed by atoms with Gasteiger partial charge in [-0.25, -0.2) is 0 Å². The molecule has 0 radical (unpaired) electrons. The van der Waals surface area contributed by atoms with E-state index in [-0.39, 0.29) is 6.04 Å². The molecule has 0 saturated heterocycles. The van der Waals surface area contributed by atoms with Gasteiger partial charge in [-0.15, -0.1) is 0 Å². The molecule has 0 bridgehead atoms. The summed E-state index contributed by atoms with van der Waals surface area (Å²) in [6, 6.07) is 15.4. The summed E-state index contributed by atoms with van der Waals surface area (Å²) < 4.78 is 1.15. The molecular formula is C17H20BrN. The van der Waals surface area contributed by atoms with Gasteiger partial charge in [-0.2, -0.15) is 0 Å². The molecule has 1 N–H and O–H groups in total. The fraction of sp³-hybridized carbons (Fsp3) is 0.294. The van der Waals surface area contributed by atoms with E-state index in [9.17, 15) is 0 Å². The van der Waals surface area contributed by atoms with Gasteiger partial charge in [0.1, 0.15) is 0 Å². The lowest BCUT2D eigenvalue weighted by Gasteiger charge is -2.21. The minimum atomic E-state index is 0.235. The smallest absolute Gasteiger partial charge is 0.0587 e. The second-order valence-electron chi connectivity index (χ2n) is 4.93. The number of nitrogens with one attached hydrogen (secondary N) is 1. The van der Waals surface area contributed by atoms with E-state index in [4.69, 9.17) is 0 Å². The number of aryl methyl sites for hydroxylation is 2. The lowest BCUT2D eigenvalue weighted by atomic mass is 9.95. The van der Waals surface area contributed by atoms with Crippen molar-refractivity contribution < 1.29 is 0 Å². The van der Waals surface area contributed by atoms with Crippen LogP contribution < -0.4 is 5.32 Å². The van der Waals surface area contributed by atoms with Gasteiger partial charge in [0, 0.05) is 4.47 Å². The van der Waals surface area contributed by atoms with Crippen molar-refractivity contribution in [3.05, 3.63) is 69.2 Å². The molecule has 0 aliphatic heterocycles. The molecule has 2 rings (SSSR count). The Kier molecular flexibility index (Phi) is 4.78. The third-order valence-corrected chi connectivity index (χ3v) is 3.92. The number of rotatable bonds is 4. The molecule has 100 valence electrons. The van der Waals surface area contributed by atoms with E-state index in [1.165, 1.54) is 22.3 Å². The van der Waals surface area contributed by atoms with E-state index in [1.807, 2.05) is 0 Å². The van der Waals surface area contributed by atoms with Gasteiger partial charge in [-0.3, -0.25) is 0 Å². The number of hydrogen-bond donors (Lipinski definition) is 1. The Morgan fingerprint density at radius 1 is 1.05 bits per heavy atom. The van der Waals surface area contributed by atoms with Crippen LogP contribution in [0.15, 0.2) is 46.9 Å². The van der Waals surface area contributed by atoms with E-state index in [1.54, 1.807) is 0 Å². The molecule has 2 aromatic rings. The van der Waals surface area contributed by atoms with Gasteiger partial charge in [0.25, 0.3) is 0 Å². The summed E-state index contributed by atoms with van der Waals surface area (Å²) in [6.45, 7) is 7.39. The van der Waals surface area contributed by atoms with Crippen LogP contribution in [0.25, 0.3) is 0 Å². The van der Waals surface area contributed by atoms with Crippen LogP contribution in [0.4, 0.5) is 0 Å². The van der Waals surface area contributed by atoms with E-state index in [0.29, 0.717) is 0 Å². The molecule has 1 unspecified atom stereocenters. The van der Waals surface area contributed by atoms with E-state index in [2.05, 4.69) is 84.5 Å². The van der Waals surface area contributed by atoms with Crippen LogP contribution in [-0.4, -0.2) is 6.54 Å². The highest BCUT2D eigenvalue weighted by Gasteiger charge is 2.15. The molecule has 0 aliphatic rings. The molecule has 1 nitrogen and oxygen atoms in total. The van der Waals surface area contributed by atoms with Gasteiger partial charge >= 0.3 is 0 Å². The summed E-state index contributed by atoms with van der Waals surface area (Å²) in [5, 5.41) is 3.58. The van der Waals surface area contributed by atoms with Gasteiger partial charge < -0.3 is 5.32 Å². The maximum absolute atomic E-state index is 3.66. The van der Waals surface area contributed by atoms with Crippen LogP contribution in [0, 0.1) is 13.8 Å². The van der Waals surface area contributed by atoms with Crippen molar-refractivity contribution in [1.82, 2.24) is 5.32 Å².